The van der Waals surface area contributed by atoms with Gasteiger partial charge in [-0.05, 0) is 55.3 Å². The van der Waals surface area contributed by atoms with E-state index in [2.05, 4.69) is 22.3 Å². The van der Waals surface area contributed by atoms with Crippen molar-refractivity contribution in [2.75, 3.05) is 12.1 Å². The quantitative estimate of drug-likeness (QED) is 0.0562. The summed E-state index contributed by atoms with van der Waals surface area (Å²) in [6, 6.07) is 16.0. The van der Waals surface area contributed by atoms with Crippen molar-refractivity contribution in [3.63, 3.8) is 0 Å². The van der Waals surface area contributed by atoms with E-state index in [0.29, 0.717) is 23.6 Å². The molecule has 0 bridgehead atoms. The zero-order valence-electron chi connectivity index (χ0n) is 29.9. The van der Waals surface area contributed by atoms with Gasteiger partial charge in [0, 0.05) is 6.07 Å². The number of carbonyl (C=O) groups excluding carboxylic acids is 1. The second-order valence-corrected chi connectivity index (χ2v) is 14.3. The topological polar surface area (TPSA) is 150 Å². The molecule has 1 aliphatic rings. The molecule has 1 amide bonds. The summed E-state index contributed by atoms with van der Waals surface area (Å²) >= 11 is 0. The Labute approximate surface area is 302 Å². The van der Waals surface area contributed by atoms with Gasteiger partial charge in [0.1, 0.15) is 16.4 Å². The number of para-hydroxylation sites is 1. The molecule has 276 valence electrons. The fourth-order valence-electron chi connectivity index (χ4n) is 6.04. The predicted octanol–water partition coefficient (Wildman–Crippen LogP) is 10.6. The molecule has 0 spiro atoms. The molecule has 11 nitrogen and oxygen atoms in total. The number of hydrogen-bond acceptors (Lipinski definition) is 9. The van der Waals surface area contributed by atoms with E-state index >= 15 is 0 Å². The summed E-state index contributed by atoms with van der Waals surface area (Å²) in [7, 11) is -3.31. The SMILES string of the molecule is CCCCCCCCCCCCCCCCCC1=NN(c2ccc(Oc3ccccc3)c(S(=O)(=O)O)c2)C(=O)C1N=Nc1ccc(O)c(OC)c1. The van der Waals surface area contributed by atoms with Gasteiger partial charge < -0.3 is 14.6 Å². The van der Waals surface area contributed by atoms with Gasteiger partial charge in [-0.15, -0.1) is 0 Å². The summed E-state index contributed by atoms with van der Waals surface area (Å²) in [4.78, 5) is 13.3. The number of ether oxygens (including phenoxy) is 2. The van der Waals surface area contributed by atoms with Crippen molar-refractivity contribution in [1.29, 1.82) is 0 Å². The zero-order chi connectivity index (χ0) is 36.5. The number of carbonyl (C=O) groups is 1. The van der Waals surface area contributed by atoms with E-state index in [1.54, 1.807) is 36.4 Å². The molecule has 3 aromatic carbocycles. The number of benzene rings is 3. The third-order valence-corrected chi connectivity index (χ3v) is 9.77. The highest BCUT2D eigenvalue weighted by atomic mass is 32.2. The first-order valence-corrected chi connectivity index (χ1v) is 19.7. The van der Waals surface area contributed by atoms with E-state index in [-0.39, 0.29) is 22.9 Å². The van der Waals surface area contributed by atoms with Crippen molar-refractivity contribution in [3.05, 3.63) is 66.7 Å². The summed E-state index contributed by atoms with van der Waals surface area (Å²) in [5.41, 5.74) is 1.01. The number of anilines is 1. The molecule has 4 rings (SSSR count). The molecule has 1 unspecified atom stereocenters. The van der Waals surface area contributed by atoms with Gasteiger partial charge in [-0.1, -0.05) is 115 Å². The molecule has 1 heterocycles. The normalized spacial score (nSPS) is 14.7. The first-order chi connectivity index (χ1) is 24.7. The van der Waals surface area contributed by atoms with Gasteiger partial charge in [0.05, 0.1) is 24.2 Å². The third-order valence-electron chi connectivity index (χ3n) is 8.90. The van der Waals surface area contributed by atoms with Gasteiger partial charge in [0.2, 0.25) is 0 Å². The monoisotopic (exact) mass is 720 g/mol. The lowest BCUT2D eigenvalue weighted by atomic mass is 10.0. The van der Waals surface area contributed by atoms with E-state index < -0.39 is 27.0 Å². The van der Waals surface area contributed by atoms with Crippen molar-refractivity contribution in [3.8, 4) is 23.0 Å². The average Bonchev–Trinajstić information content (AvgIpc) is 3.43. The molecule has 0 aromatic heterocycles. The van der Waals surface area contributed by atoms with E-state index in [1.165, 1.54) is 102 Å². The van der Waals surface area contributed by atoms with Crippen LogP contribution in [0.3, 0.4) is 0 Å². The van der Waals surface area contributed by atoms with E-state index in [1.807, 2.05) is 0 Å². The largest absolute Gasteiger partial charge is 0.504 e. The number of aromatic hydroxyl groups is 1. The van der Waals surface area contributed by atoms with Crippen LogP contribution in [0.15, 0.2) is 87.0 Å². The number of hydrogen-bond donors (Lipinski definition) is 2. The van der Waals surface area contributed by atoms with Crippen LogP contribution in [0, 0.1) is 0 Å². The van der Waals surface area contributed by atoms with Gasteiger partial charge in [-0.25, -0.2) is 0 Å². The Kier molecular flexibility index (Phi) is 15.9. The molecule has 0 fully saturated rings. The van der Waals surface area contributed by atoms with Crippen LogP contribution in [0.4, 0.5) is 11.4 Å². The fraction of sp³-hybridized carbons (Fsp3) is 0.487. The van der Waals surface area contributed by atoms with E-state index in [0.717, 1.165) is 36.8 Å². The van der Waals surface area contributed by atoms with Crippen LogP contribution < -0.4 is 14.5 Å². The van der Waals surface area contributed by atoms with Gasteiger partial charge in [-0.2, -0.15) is 28.8 Å². The van der Waals surface area contributed by atoms with Crippen molar-refractivity contribution in [2.24, 2.45) is 15.3 Å². The second kappa shape index (κ2) is 20.5. The van der Waals surface area contributed by atoms with Crippen LogP contribution in [-0.4, -0.2) is 42.8 Å². The lowest BCUT2D eigenvalue weighted by Gasteiger charge is -2.15. The zero-order valence-corrected chi connectivity index (χ0v) is 30.7. The highest BCUT2D eigenvalue weighted by Crippen LogP contribution is 2.35. The number of nitrogens with zero attached hydrogens (tertiary/aromatic N) is 4. The Bertz CT molecular complexity index is 1710. The van der Waals surface area contributed by atoms with Crippen LogP contribution in [0.25, 0.3) is 0 Å². The van der Waals surface area contributed by atoms with E-state index in [4.69, 9.17) is 9.47 Å². The molecular weight excluding hydrogens is 669 g/mol. The molecule has 1 atom stereocenters. The number of unbranched alkanes of at least 4 members (excludes halogenated alkanes) is 14. The Morgan fingerprint density at radius 2 is 1.39 bits per heavy atom. The van der Waals surface area contributed by atoms with Crippen LogP contribution in [0.5, 0.6) is 23.0 Å². The standard InChI is InChI=1S/C39H52N4O7S/c1-3-4-5-6-7-8-9-10-11-12-13-14-15-16-20-23-33-38(41-40-30-24-26-34(44)36(28-30)49-2)39(45)43(42-33)31-25-27-35(37(29-31)51(46,47)48)50-32-21-18-17-19-22-32/h17-19,21-22,24-29,38,44H,3-16,20,23H2,1-2H3,(H,46,47,48). The van der Waals surface area contributed by atoms with Crippen LogP contribution in [-0.2, 0) is 14.9 Å². The van der Waals surface area contributed by atoms with Crippen molar-refractivity contribution in [1.82, 2.24) is 0 Å². The number of phenolic OH excluding ortho intramolecular Hbond substituents is 1. The highest BCUT2D eigenvalue weighted by Gasteiger charge is 2.37. The number of methoxy groups -OCH3 is 1. The maximum atomic E-state index is 13.8. The molecular formula is C39H52N4O7S. The Morgan fingerprint density at radius 1 is 0.784 bits per heavy atom. The average molecular weight is 721 g/mol. The van der Waals surface area contributed by atoms with Crippen LogP contribution in [0.2, 0.25) is 0 Å². The minimum absolute atomic E-state index is 0.0516. The second-order valence-electron chi connectivity index (χ2n) is 12.9. The third kappa shape index (κ3) is 12.5. The predicted molar refractivity (Wildman–Crippen MR) is 200 cm³/mol. The first-order valence-electron chi connectivity index (χ1n) is 18.2. The molecule has 1 aliphatic heterocycles. The molecule has 0 saturated heterocycles. The molecule has 51 heavy (non-hydrogen) atoms. The van der Waals surface area contributed by atoms with Gasteiger partial charge in [0.15, 0.2) is 17.5 Å². The lowest BCUT2D eigenvalue weighted by Crippen LogP contribution is -2.30. The lowest BCUT2D eigenvalue weighted by molar-refractivity contribution is -0.117. The number of amides is 1. The number of hydrazone groups is 1. The highest BCUT2D eigenvalue weighted by molar-refractivity contribution is 7.86. The minimum Gasteiger partial charge on any atom is -0.504 e. The number of phenols is 1. The minimum atomic E-state index is -4.73. The number of rotatable bonds is 23. The fourth-order valence-corrected chi connectivity index (χ4v) is 6.67. The molecule has 12 heteroatoms. The molecule has 2 N–H and O–H groups in total. The summed E-state index contributed by atoms with van der Waals surface area (Å²) < 4.78 is 45.8. The number of azo groups is 1. The van der Waals surface area contributed by atoms with Crippen LogP contribution in [0.1, 0.15) is 110 Å². The van der Waals surface area contributed by atoms with Crippen molar-refractivity contribution >= 4 is 33.1 Å². The first kappa shape index (κ1) is 39.5. The molecule has 0 saturated carbocycles. The molecule has 0 aliphatic carbocycles. The summed E-state index contributed by atoms with van der Waals surface area (Å²) in [6.07, 6.45) is 19.1. The summed E-state index contributed by atoms with van der Waals surface area (Å²) in [6.45, 7) is 2.25. The Hall–Kier alpha value is -4.29. The van der Waals surface area contributed by atoms with Crippen molar-refractivity contribution in [2.45, 2.75) is 121 Å². The smallest absolute Gasteiger partial charge is 0.298 e. The molecule has 0 radical (unpaired) electrons. The molecule has 3 aromatic rings. The Balaban J connectivity index is 1.39. The van der Waals surface area contributed by atoms with E-state index in [9.17, 15) is 22.9 Å². The Morgan fingerprint density at radius 3 is 1.98 bits per heavy atom. The summed E-state index contributed by atoms with van der Waals surface area (Å²) in [5, 5.41) is 24.2. The van der Waals surface area contributed by atoms with Crippen LogP contribution >= 0.6 is 0 Å². The maximum absolute atomic E-state index is 13.8. The van der Waals surface area contributed by atoms with Crippen molar-refractivity contribution < 1.29 is 32.3 Å². The van der Waals surface area contributed by atoms with Gasteiger partial charge in [-0.3, -0.25) is 9.35 Å². The maximum Gasteiger partial charge on any atom is 0.298 e. The van der Waals surface area contributed by atoms with Gasteiger partial charge in [0.25, 0.3) is 16.0 Å². The van der Waals surface area contributed by atoms with Gasteiger partial charge >= 0.3 is 0 Å². The summed E-state index contributed by atoms with van der Waals surface area (Å²) in [5.74, 6) is -0.0722.